The summed E-state index contributed by atoms with van der Waals surface area (Å²) in [5.41, 5.74) is 4.40. The fourth-order valence-electron chi connectivity index (χ4n) is 2.59. The lowest BCUT2D eigenvalue weighted by Gasteiger charge is -2.02. The van der Waals surface area contributed by atoms with Crippen molar-refractivity contribution in [3.05, 3.63) is 29.5 Å². The van der Waals surface area contributed by atoms with Gasteiger partial charge in [-0.25, -0.2) is 0 Å². The zero-order chi connectivity index (χ0) is 10.8. The molecule has 1 aromatic heterocycles. The van der Waals surface area contributed by atoms with E-state index in [0.29, 0.717) is 5.41 Å². The third-order valence-electron chi connectivity index (χ3n) is 4.08. The van der Waals surface area contributed by atoms with Crippen molar-refractivity contribution in [2.45, 2.75) is 31.6 Å². The number of aromatic nitrogens is 1. The number of fused-ring (bicyclic) bond motifs is 2. The standard InChI is InChI=1S/C14H15NO/c1-14(3-4-14)13-7-10-6-9-2-5-16-12(9)8-11(10)15-13/h6-8,15H,2-5H2,1H3. The molecule has 2 heteroatoms. The molecule has 1 aromatic carbocycles. The highest BCUT2D eigenvalue weighted by molar-refractivity contribution is 5.84. The van der Waals surface area contributed by atoms with Gasteiger partial charge in [-0.15, -0.1) is 0 Å². The Kier molecular flexibility index (Phi) is 1.42. The van der Waals surface area contributed by atoms with E-state index in [1.165, 1.54) is 35.0 Å². The van der Waals surface area contributed by atoms with E-state index in [-0.39, 0.29) is 0 Å². The summed E-state index contributed by atoms with van der Waals surface area (Å²) in [7, 11) is 0. The average Bonchev–Trinajstić information content (AvgIpc) is 2.75. The van der Waals surface area contributed by atoms with Crippen LogP contribution in [0, 0.1) is 0 Å². The number of hydrogen-bond acceptors (Lipinski definition) is 1. The van der Waals surface area contributed by atoms with Crippen LogP contribution in [-0.4, -0.2) is 11.6 Å². The summed E-state index contributed by atoms with van der Waals surface area (Å²) < 4.78 is 5.60. The lowest BCUT2D eigenvalue weighted by molar-refractivity contribution is 0.357. The molecule has 0 bridgehead atoms. The van der Waals surface area contributed by atoms with Crippen LogP contribution in [0.1, 0.15) is 31.0 Å². The molecule has 2 nitrogen and oxygen atoms in total. The van der Waals surface area contributed by atoms with Crippen molar-refractivity contribution < 1.29 is 4.74 Å². The minimum Gasteiger partial charge on any atom is -0.493 e. The van der Waals surface area contributed by atoms with Crippen molar-refractivity contribution in [1.29, 1.82) is 0 Å². The van der Waals surface area contributed by atoms with Crippen LogP contribution in [0.2, 0.25) is 0 Å². The van der Waals surface area contributed by atoms with Crippen LogP contribution in [0.3, 0.4) is 0 Å². The first-order valence-corrected chi connectivity index (χ1v) is 6.04. The molecule has 1 aliphatic heterocycles. The van der Waals surface area contributed by atoms with E-state index >= 15 is 0 Å². The molecule has 0 atom stereocenters. The molecule has 2 aliphatic rings. The Hall–Kier alpha value is -1.44. The van der Waals surface area contributed by atoms with E-state index in [1.807, 2.05) is 0 Å². The second-order valence-corrected chi connectivity index (χ2v) is 5.39. The van der Waals surface area contributed by atoms with E-state index in [4.69, 9.17) is 4.74 Å². The molecule has 0 radical (unpaired) electrons. The number of H-pyrrole nitrogens is 1. The van der Waals surface area contributed by atoms with Gasteiger partial charge >= 0.3 is 0 Å². The van der Waals surface area contributed by atoms with Gasteiger partial charge in [0.25, 0.3) is 0 Å². The maximum Gasteiger partial charge on any atom is 0.124 e. The van der Waals surface area contributed by atoms with Gasteiger partial charge in [0, 0.05) is 34.5 Å². The first-order valence-electron chi connectivity index (χ1n) is 6.04. The molecule has 1 aliphatic carbocycles. The molecule has 2 aromatic rings. The van der Waals surface area contributed by atoms with Gasteiger partial charge in [0.1, 0.15) is 5.75 Å². The Labute approximate surface area is 94.6 Å². The van der Waals surface area contributed by atoms with E-state index in [9.17, 15) is 0 Å². The van der Waals surface area contributed by atoms with Gasteiger partial charge in [0.2, 0.25) is 0 Å². The number of aromatic amines is 1. The second kappa shape index (κ2) is 2.62. The van der Waals surface area contributed by atoms with Crippen LogP contribution >= 0.6 is 0 Å². The second-order valence-electron chi connectivity index (χ2n) is 5.39. The van der Waals surface area contributed by atoms with Crippen molar-refractivity contribution in [3.8, 4) is 5.75 Å². The number of nitrogens with one attached hydrogen (secondary N) is 1. The quantitative estimate of drug-likeness (QED) is 0.773. The first-order chi connectivity index (χ1) is 7.74. The molecular formula is C14H15NO. The van der Waals surface area contributed by atoms with Gasteiger partial charge in [0.15, 0.2) is 0 Å². The summed E-state index contributed by atoms with van der Waals surface area (Å²) >= 11 is 0. The van der Waals surface area contributed by atoms with Crippen LogP contribution in [0.4, 0.5) is 0 Å². The summed E-state index contributed by atoms with van der Waals surface area (Å²) in [6.45, 7) is 3.18. The van der Waals surface area contributed by atoms with Crippen LogP contribution in [0.25, 0.3) is 10.9 Å². The maximum absolute atomic E-state index is 5.60. The minimum atomic E-state index is 0.421. The summed E-state index contributed by atoms with van der Waals surface area (Å²) in [5, 5.41) is 1.34. The lowest BCUT2D eigenvalue weighted by Crippen LogP contribution is -1.98. The number of hydrogen-bond donors (Lipinski definition) is 1. The fraction of sp³-hybridized carbons (Fsp3) is 0.429. The van der Waals surface area contributed by atoms with Gasteiger partial charge in [-0.05, 0) is 30.5 Å². The van der Waals surface area contributed by atoms with Crippen LogP contribution < -0.4 is 4.74 Å². The summed E-state index contributed by atoms with van der Waals surface area (Å²) in [6.07, 6.45) is 3.69. The highest BCUT2D eigenvalue weighted by Crippen LogP contribution is 2.48. The lowest BCUT2D eigenvalue weighted by atomic mass is 10.1. The molecule has 0 saturated heterocycles. The predicted octanol–water partition coefficient (Wildman–Crippen LogP) is 3.15. The molecule has 0 amide bonds. The van der Waals surface area contributed by atoms with Gasteiger partial charge in [-0.3, -0.25) is 0 Å². The smallest absolute Gasteiger partial charge is 0.124 e. The summed E-state index contributed by atoms with van der Waals surface area (Å²) in [5.74, 6) is 1.07. The number of benzene rings is 1. The Morgan fingerprint density at radius 1 is 1.25 bits per heavy atom. The van der Waals surface area contributed by atoms with Gasteiger partial charge in [-0.2, -0.15) is 0 Å². The van der Waals surface area contributed by atoms with Gasteiger partial charge < -0.3 is 9.72 Å². The maximum atomic E-state index is 5.60. The predicted molar refractivity (Wildman–Crippen MR) is 64.1 cm³/mol. The normalized spacial score (nSPS) is 20.8. The highest BCUT2D eigenvalue weighted by atomic mass is 16.5. The van der Waals surface area contributed by atoms with E-state index in [2.05, 4.69) is 30.1 Å². The molecule has 1 N–H and O–H groups in total. The topological polar surface area (TPSA) is 25.0 Å². The molecule has 1 fully saturated rings. The summed E-state index contributed by atoms with van der Waals surface area (Å²) in [6, 6.07) is 6.76. The minimum absolute atomic E-state index is 0.421. The van der Waals surface area contributed by atoms with Crippen molar-refractivity contribution in [2.24, 2.45) is 0 Å². The van der Waals surface area contributed by atoms with E-state index < -0.39 is 0 Å². The van der Waals surface area contributed by atoms with Crippen molar-refractivity contribution >= 4 is 10.9 Å². The third kappa shape index (κ3) is 1.07. The Morgan fingerprint density at radius 2 is 2.12 bits per heavy atom. The SMILES string of the molecule is CC1(c2cc3cc4c(cc3[nH]2)OCC4)CC1. The Bertz CT molecular complexity index is 537. The molecule has 0 spiro atoms. The molecule has 0 unspecified atom stereocenters. The molecule has 2 heterocycles. The van der Waals surface area contributed by atoms with E-state index in [0.717, 1.165) is 18.8 Å². The Morgan fingerprint density at radius 3 is 2.94 bits per heavy atom. The van der Waals surface area contributed by atoms with Crippen molar-refractivity contribution in [3.63, 3.8) is 0 Å². The molecule has 82 valence electrons. The van der Waals surface area contributed by atoms with Crippen LogP contribution in [-0.2, 0) is 11.8 Å². The van der Waals surface area contributed by atoms with Crippen LogP contribution in [0.15, 0.2) is 18.2 Å². The highest BCUT2D eigenvalue weighted by Gasteiger charge is 2.40. The monoisotopic (exact) mass is 213 g/mol. The molecule has 4 rings (SSSR count). The van der Waals surface area contributed by atoms with Gasteiger partial charge in [0.05, 0.1) is 6.61 Å². The first kappa shape index (κ1) is 8.68. The molecular weight excluding hydrogens is 198 g/mol. The van der Waals surface area contributed by atoms with Crippen molar-refractivity contribution in [1.82, 2.24) is 4.98 Å². The fourth-order valence-corrected chi connectivity index (χ4v) is 2.59. The summed E-state index contributed by atoms with van der Waals surface area (Å²) in [4.78, 5) is 3.55. The molecule has 1 saturated carbocycles. The number of ether oxygens (including phenoxy) is 1. The van der Waals surface area contributed by atoms with E-state index in [1.54, 1.807) is 0 Å². The zero-order valence-corrected chi connectivity index (χ0v) is 9.47. The largest absolute Gasteiger partial charge is 0.493 e. The molecule has 16 heavy (non-hydrogen) atoms. The third-order valence-corrected chi connectivity index (χ3v) is 4.08. The Balaban J connectivity index is 1.93. The number of rotatable bonds is 1. The van der Waals surface area contributed by atoms with Crippen molar-refractivity contribution in [2.75, 3.05) is 6.61 Å². The van der Waals surface area contributed by atoms with Crippen LogP contribution in [0.5, 0.6) is 5.75 Å². The zero-order valence-electron chi connectivity index (χ0n) is 9.47. The average molecular weight is 213 g/mol. The van der Waals surface area contributed by atoms with Gasteiger partial charge in [-0.1, -0.05) is 6.92 Å².